The van der Waals surface area contributed by atoms with Crippen LogP contribution in [0.25, 0.3) is 77.2 Å². The van der Waals surface area contributed by atoms with Crippen LogP contribution in [0.4, 0.5) is 0 Å². The van der Waals surface area contributed by atoms with Crippen molar-refractivity contribution in [1.29, 1.82) is 0 Å². The van der Waals surface area contributed by atoms with E-state index in [0.717, 1.165) is 33.8 Å². The highest BCUT2D eigenvalue weighted by Gasteiger charge is 2.12. The van der Waals surface area contributed by atoms with Crippen LogP contribution in [-0.4, -0.2) is 9.97 Å². The fraction of sp³-hybridized carbons (Fsp3) is 0. The first-order chi connectivity index (χ1) is 20.8. The summed E-state index contributed by atoms with van der Waals surface area (Å²) in [7, 11) is 0. The van der Waals surface area contributed by atoms with Gasteiger partial charge in [-0.2, -0.15) is 0 Å². The molecule has 0 fully saturated rings. The summed E-state index contributed by atoms with van der Waals surface area (Å²) in [5.41, 5.74) is 7.74. The fourth-order valence-corrected chi connectivity index (χ4v) is 6.12. The molecular formula is C40H26N2. The van der Waals surface area contributed by atoms with Gasteiger partial charge in [-0.05, 0) is 66.7 Å². The molecule has 196 valence electrons. The van der Waals surface area contributed by atoms with Gasteiger partial charge in [0.2, 0.25) is 0 Å². The Morgan fingerprint density at radius 3 is 1.55 bits per heavy atom. The van der Waals surface area contributed by atoms with Crippen LogP contribution in [0.1, 0.15) is 0 Å². The van der Waals surface area contributed by atoms with Crippen LogP contribution in [0.5, 0.6) is 0 Å². The molecule has 8 aromatic rings. The van der Waals surface area contributed by atoms with Crippen molar-refractivity contribution in [2.24, 2.45) is 0 Å². The molecule has 0 amide bonds. The van der Waals surface area contributed by atoms with Crippen molar-refractivity contribution in [2.75, 3.05) is 0 Å². The summed E-state index contributed by atoms with van der Waals surface area (Å²) >= 11 is 0. The van der Waals surface area contributed by atoms with Gasteiger partial charge in [0.15, 0.2) is 5.82 Å². The number of hydrogen-bond donors (Lipinski definition) is 0. The predicted octanol–water partition coefficient (Wildman–Crippen LogP) is 10.6. The maximum absolute atomic E-state index is 4.93. The van der Waals surface area contributed by atoms with Gasteiger partial charge in [0.1, 0.15) is 0 Å². The van der Waals surface area contributed by atoms with Gasteiger partial charge in [0.05, 0.1) is 5.69 Å². The largest absolute Gasteiger partial charge is 0.237 e. The Morgan fingerprint density at radius 1 is 0.333 bits per heavy atom. The van der Waals surface area contributed by atoms with E-state index >= 15 is 0 Å². The minimum atomic E-state index is 0.731. The molecule has 0 spiro atoms. The van der Waals surface area contributed by atoms with Crippen molar-refractivity contribution in [3.8, 4) is 44.9 Å². The SMILES string of the molecule is c1ccc(-c2nccc(-c3ccccc3-c3ccc(-c4ccc5c6ccccc6c6ccccc6c5c4)cc3)n2)cc1. The highest BCUT2D eigenvalue weighted by atomic mass is 14.9. The lowest BCUT2D eigenvalue weighted by Crippen LogP contribution is -1.93. The lowest BCUT2D eigenvalue weighted by atomic mass is 9.91. The lowest BCUT2D eigenvalue weighted by molar-refractivity contribution is 1.18. The molecule has 0 aliphatic heterocycles. The first-order valence-corrected chi connectivity index (χ1v) is 14.3. The molecule has 0 aliphatic rings. The van der Waals surface area contributed by atoms with E-state index in [4.69, 9.17) is 4.98 Å². The quantitative estimate of drug-likeness (QED) is 0.210. The average Bonchev–Trinajstić information content (AvgIpc) is 3.09. The number of hydrogen-bond acceptors (Lipinski definition) is 2. The molecule has 0 N–H and O–H groups in total. The van der Waals surface area contributed by atoms with Crippen molar-refractivity contribution in [3.05, 3.63) is 158 Å². The number of fused-ring (bicyclic) bond motifs is 6. The Morgan fingerprint density at radius 2 is 0.857 bits per heavy atom. The molecule has 42 heavy (non-hydrogen) atoms. The molecule has 0 radical (unpaired) electrons. The molecule has 0 bridgehead atoms. The second-order valence-corrected chi connectivity index (χ2v) is 10.6. The zero-order valence-corrected chi connectivity index (χ0v) is 22.9. The van der Waals surface area contributed by atoms with E-state index in [1.807, 2.05) is 42.6 Å². The molecule has 0 unspecified atom stereocenters. The van der Waals surface area contributed by atoms with Gasteiger partial charge < -0.3 is 0 Å². The van der Waals surface area contributed by atoms with Crippen molar-refractivity contribution in [3.63, 3.8) is 0 Å². The van der Waals surface area contributed by atoms with Crippen molar-refractivity contribution in [1.82, 2.24) is 9.97 Å². The van der Waals surface area contributed by atoms with E-state index in [1.165, 1.54) is 43.4 Å². The van der Waals surface area contributed by atoms with Crippen LogP contribution in [0, 0.1) is 0 Å². The minimum Gasteiger partial charge on any atom is -0.237 e. The first-order valence-electron chi connectivity index (χ1n) is 14.3. The Hall–Kier alpha value is -5.60. The molecule has 1 aromatic heterocycles. The fourth-order valence-electron chi connectivity index (χ4n) is 6.12. The summed E-state index contributed by atoms with van der Waals surface area (Å²) in [5.74, 6) is 0.731. The molecule has 8 rings (SSSR count). The van der Waals surface area contributed by atoms with Gasteiger partial charge in [-0.15, -0.1) is 0 Å². The summed E-state index contributed by atoms with van der Waals surface area (Å²) in [4.78, 5) is 9.46. The van der Waals surface area contributed by atoms with E-state index < -0.39 is 0 Å². The van der Waals surface area contributed by atoms with Gasteiger partial charge in [0.25, 0.3) is 0 Å². The summed E-state index contributed by atoms with van der Waals surface area (Å²) in [6.45, 7) is 0. The summed E-state index contributed by atoms with van der Waals surface area (Å²) in [6.07, 6.45) is 1.84. The maximum atomic E-state index is 4.93. The zero-order chi connectivity index (χ0) is 27.9. The third kappa shape index (κ3) is 4.13. The van der Waals surface area contributed by atoms with E-state index in [1.54, 1.807) is 0 Å². The van der Waals surface area contributed by atoms with Crippen LogP contribution < -0.4 is 0 Å². The highest BCUT2D eigenvalue weighted by molar-refractivity contribution is 6.25. The molecule has 0 atom stereocenters. The second kappa shape index (κ2) is 10.1. The van der Waals surface area contributed by atoms with Crippen LogP contribution in [0.2, 0.25) is 0 Å². The van der Waals surface area contributed by atoms with Gasteiger partial charge in [-0.25, -0.2) is 9.97 Å². The predicted molar refractivity (Wildman–Crippen MR) is 176 cm³/mol. The number of benzene rings is 7. The van der Waals surface area contributed by atoms with E-state index in [2.05, 4.69) is 120 Å². The number of nitrogens with zero attached hydrogens (tertiary/aromatic N) is 2. The third-order valence-electron chi connectivity index (χ3n) is 8.16. The highest BCUT2D eigenvalue weighted by Crippen LogP contribution is 2.38. The minimum absolute atomic E-state index is 0.731. The molecule has 7 aromatic carbocycles. The van der Waals surface area contributed by atoms with E-state index in [-0.39, 0.29) is 0 Å². The van der Waals surface area contributed by atoms with Crippen LogP contribution in [0.3, 0.4) is 0 Å². The topological polar surface area (TPSA) is 25.8 Å². The first kappa shape index (κ1) is 24.2. The standard InChI is InChI=1S/C40H26N2/c1-2-10-29(11-3-1)40-41-25-24-39(42-40)37-17-9-4-12-31(37)28-20-18-27(19-21-28)30-22-23-36-34-15-6-5-13-32(34)33-14-7-8-16-35(33)38(36)26-30/h1-26H. The Kier molecular flexibility index (Phi) is 5.82. The van der Waals surface area contributed by atoms with Crippen molar-refractivity contribution >= 4 is 32.3 Å². The molecule has 0 saturated carbocycles. The molecule has 0 aliphatic carbocycles. The normalized spacial score (nSPS) is 11.3. The molecular weight excluding hydrogens is 508 g/mol. The smallest absolute Gasteiger partial charge is 0.159 e. The van der Waals surface area contributed by atoms with Gasteiger partial charge >= 0.3 is 0 Å². The van der Waals surface area contributed by atoms with Crippen molar-refractivity contribution in [2.45, 2.75) is 0 Å². The molecule has 1 heterocycles. The molecule has 0 saturated heterocycles. The Labute approximate surface area is 244 Å². The monoisotopic (exact) mass is 534 g/mol. The van der Waals surface area contributed by atoms with E-state index in [0.29, 0.717) is 0 Å². The second-order valence-electron chi connectivity index (χ2n) is 10.6. The van der Waals surface area contributed by atoms with Gasteiger partial charge in [-0.3, -0.25) is 0 Å². The third-order valence-corrected chi connectivity index (χ3v) is 8.16. The van der Waals surface area contributed by atoms with Crippen LogP contribution in [0.15, 0.2) is 158 Å². The summed E-state index contributed by atoms with van der Waals surface area (Å²) in [6, 6.07) is 53.8. The number of aromatic nitrogens is 2. The molecule has 2 nitrogen and oxygen atoms in total. The van der Waals surface area contributed by atoms with Crippen molar-refractivity contribution < 1.29 is 0 Å². The van der Waals surface area contributed by atoms with Crippen LogP contribution >= 0.6 is 0 Å². The molecule has 2 heteroatoms. The summed E-state index contributed by atoms with van der Waals surface area (Å²) < 4.78 is 0. The maximum Gasteiger partial charge on any atom is 0.159 e. The Bertz CT molecular complexity index is 2200. The average molecular weight is 535 g/mol. The van der Waals surface area contributed by atoms with E-state index in [9.17, 15) is 0 Å². The summed E-state index contributed by atoms with van der Waals surface area (Å²) in [5, 5.41) is 7.76. The van der Waals surface area contributed by atoms with Gasteiger partial charge in [-0.1, -0.05) is 140 Å². The number of rotatable bonds is 4. The van der Waals surface area contributed by atoms with Gasteiger partial charge in [0, 0.05) is 17.3 Å². The zero-order valence-electron chi connectivity index (χ0n) is 22.9. The van der Waals surface area contributed by atoms with Crippen LogP contribution in [-0.2, 0) is 0 Å². The Balaban J connectivity index is 1.20. The lowest BCUT2D eigenvalue weighted by Gasteiger charge is -2.13.